The lowest BCUT2D eigenvalue weighted by atomic mass is 10.2. The van der Waals surface area contributed by atoms with Crippen LogP contribution in [-0.4, -0.2) is 47.0 Å². The van der Waals surface area contributed by atoms with Crippen LogP contribution in [0.3, 0.4) is 0 Å². The fourth-order valence-electron chi connectivity index (χ4n) is 2.75. The maximum atomic E-state index is 13.8. The van der Waals surface area contributed by atoms with Crippen LogP contribution in [0.25, 0.3) is 28.1 Å². The Hall–Kier alpha value is -2.91. The van der Waals surface area contributed by atoms with E-state index in [1.165, 1.54) is 16.8 Å². The van der Waals surface area contributed by atoms with E-state index >= 15 is 0 Å². The Kier molecular flexibility index (Phi) is 5.01. The molecule has 0 N–H and O–H groups in total. The minimum absolute atomic E-state index is 0.0305. The monoisotopic (exact) mass is 414 g/mol. The van der Waals surface area contributed by atoms with Crippen LogP contribution in [0.5, 0.6) is 0 Å². The van der Waals surface area contributed by atoms with E-state index in [-0.39, 0.29) is 10.6 Å². The standard InChI is InChI=1S/C19H18ClFN7O/c1-19(2,3)29-7-6-27-10-12(9-24-27)16-17-18(23-11-22-16)28(26-25-17)13-4-5-14(20)15(21)8-13/h4-5,8-10H,6-7H2,1-3H3. The quantitative estimate of drug-likeness (QED) is 0.497. The fraction of sp³-hybridized carbons (Fsp3) is 0.316. The second kappa shape index (κ2) is 7.49. The number of rotatable bonds is 5. The van der Waals surface area contributed by atoms with Crippen LogP contribution in [0.2, 0.25) is 5.02 Å². The van der Waals surface area contributed by atoms with Gasteiger partial charge in [-0.3, -0.25) is 4.68 Å². The molecule has 1 radical (unpaired) electrons. The lowest BCUT2D eigenvalue weighted by Crippen LogP contribution is -2.21. The first-order valence-corrected chi connectivity index (χ1v) is 9.31. The molecule has 0 aliphatic heterocycles. The molecule has 1 aromatic carbocycles. The van der Waals surface area contributed by atoms with Crippen molar-refractivity contribution in [3.63, 3.8) is 0 Å². The number of hydrogen-bond acceptors (Lipinski definition) is 6. The van der Waals surface area contributed by atoms with Gasteiger partial charge in [0.05, 0.1) is 35.7 Å². The third kappa shape index (κ3) is 4.10. The van der Waals surface area contributed by atoms with Crippen molar-refractivity contribution in [3.05, 3.63) is 47.8 Å². The van der Waals surface area contributed by atoms with Crippen molar-refractivity contribution in [2.45, 2.75) is 32.9 Å². The van der Waals surface area contributed by atoms with E-state index < -0.39 is 5.82 Å². The van der Waals surface area contributed by atoms with Crippen molar-refractivity contribution >= 4 is 22.8 Å². The van der Waals surface area contributed by atoms with Crippen LogP contribution < -0.4 is 0 Å². The maximum Gasteiger partial charge on any atom is 0.200 e. The summed E-state index contributed by atoms with van der Waals surface area (Å²) in [5, 5.41) is 12.6. The van der Waals surface area contributed by atoms with Crippen molar-refractivity contribution in [2.75, 3.05) is 6.61 Å². The zero-order valence-electron chi connectivity index (χ0n) is 16.1. The van der Waals surface area contributed by atoms with Crippen molar-refractivity contribution in [3.8, 4) is 16.9 Å². The highest BCUT2D eigenvalue weighted by Gasteiger charge is 2.17. The van der Waals surface area contributed by atoms with Gasteiger partial charge in [-0.15, -0.1) is 5.10 Å². The van der Waals surface area contributed by atoms with E-state index in [0.717, 1.165) is 5.56 Å². The van der Waals surface area contributed by atoms with Crippen LogP contribution in [0, 0.1) is 12.1 Å². The molecule has 0 amide bonds. The van der Waals surface area contributed by atoms with Gasteiger partial charge in [-0.1, -0.05) is 16.8 Å². The molecule has 0 unspecified atom stereocenters. The second-order valence-electron chi connectivity index (χ2n) is 7.40. The smallest absolute Gasteiger partial charge is 0.200 e. The largest absolute Gasteiger partial charge is 0.374 e. The molecule has 0 saturated heterocycles. The van der Waals surface area contributed by atoms with Gasteiger partial charge in [0.1, 0.15) is 11.5 Å². The Balaban J connectivity index is 1.64. The maximum absolute atomic E-state index is 13.8. The summed E-state index contributed by atoms with van der Waals surface area (Å²) >= 11 is 5.76. The molecule has 0 atom stereocenters. The van der Waals surface area contributed by atoms with Gasteiger partial charge < -0.3 is 4.74 Å². The van der Waals surface area contributed by atoms with Crippen LogP contribution in [0.4, 0.5) is 4.39 Å². The Labute approximate surface area is 171 Å². The molecule has 29 heavy (non-hydrogen) atoms. The van der Waals surface area contributed by atoms with Gasteiger partial charge in [0.25, 0.3) is 0 Å². The average Bonchev–Trinajstić information content (AvgIpc) is 3.30. The Morgan fingerprint density at radius 3 is 2.83 bits per heavy atom. The van der Waals surface area contributed by atoms with Gasteiger partial charge in [0.15, 0.2) is 11.2 Å². The Morgan fingerprint density at radius 2 is 2.07 bits per heavy atom. The summed E-state index contributed by atoms with van der Waals surface area (Å²) in [4.78, 5) is 8.36. The van der Waals surface area contributed by atoms with Gasteiger partial charge in [-0.2, -0.15) is 9.78 Å². The van der Waals surface area contributed by atoms with Crippen LogP contribution in [-0.2, 0) is 11.3 Å². The number of aromatic nitrogens is 7. The summed E-state index contributed by atoms with van der Waals surface area (Å²) in [7, 11) is 0. The molecule has 149 valence electrons. The lowest BCUT2D eigenvalue weighted by Gasteiger charge is -2.19. The van der Waals surface area contributed by atoms with Crippen molar-refractivity contribution in [2.24, 2.45) is 0 Å². The molecule has 10 heteroatoms. The van der Waals surface area contributed by atoms with E-state index in [9.17, 15) is 4.39 Å². The highest BCUT2D eigenvalue weighted by molar-refractivity contribution is 6.30. The van der Waals surface area contributed by atoms with Gasteiger partial charge in [-0.25, -0.2) is 14.4 Å². The summed E-state index contributed by atoms with van der Waals surface area (Å²) in [5.74, 6) is -0.551. The molecule has 0 aliphatic carbocycles. The third-order valence-electron chi connectivity index (χ3n) is 4.10. The van der Waals surface area contributed by atoms with E-state index in [0.29, 0.717) is 35.7 Å². The SMILES string of the molecule is CC(C)(C)OCCn1cc(-c2n[c]nc3c2nnn3-c2ccc(Cl)c(F)c2)cn1. The molecule has 0 fully saturated rings. The van der Waals surface area contributed by atoms with Crippen LogP contribution in [0.15, 0.2) is 30.6 Å². The Morgan fingerprint density at radius 1 is 1.24 bits per heavy atom. The van der Waals surface area contributed by atoms with Crippen molar-refractivity contribution in [1.82, 2.24) is 34.7 Å². The fourth-order valence-corrected chi connectivity index (χ4v) is 2.87. The third-order valence-corrected chi connectivity index (χ3v) is 4.41. The molecule has 8 nitrogen and oxygen atoms in total. The topological polar surface area (TPSA) is 83.5 Å². The summed E-state index contributed by atoms with van der Waals surface area (Å²) in [6.45, 7) is 7.15. The van der Waals surface area contributed by atoms with E-state index in [4.69, 9.17) is 16.3 Å². The highest BCUT2D eigenvalue weighted by Crippen LogP contribution is 2.25. The zero-order chi connectivity index (χ0) is 20.6. The molecule has 4 aromatic rings. The first kappa shape index (κ1) is 19.4. The summed E-state index contributed by atoms with van der Waals surface area (Å²) in [6, 6.07) is 4.36. The molecule has 3 heterocycles. The second-order valence-corrected chi connectivity index (χ2v) is 7.80. The normalized spacial score (nSPS) is 12.0. The minimum atomic E-state index is -0.551. The number of ether oxygens (including phenoxy) is 1. The van der Waals surface area contributed by atoms with Gasteiger partial charge >= 0.3 is 0 Å². The number of hydrogen-bond donors (Lipinski definition) is 0. The first-order chi connectivity index (χ1) is 13.8. The molecule has 0 saturated carbocycles. The molecule has 4 rings (SSSR count). The average molecular weight is 415 g/mol. The van der Waals surface area contributed by atoms with E-state index in [1.54, 1.807) is 16.9 Å². The van der Waals surface area contributed by atoms with E-state index in [2.05, 4.69) is 31.7 Å². The zero-order valence-corrected chi connectivity index (χ0v) is 16.9. The van der Waals surface area contributed by atoms with Crippen LogP contribution >= 0.6 is 11.6 Å². The highest BCUT2D eigenvalue weighted by atomic mass is 35.5. The minimum Gasteiger partial charge on any atom is -0.374 e. The molecule has 0 bridgehead atoms. The molecule has 0 aliphatic rings. The van der Waals surface area contributed by atoms with Crippen molar-refractivity contribution < 1.29 is 9.13 Å². The summed E-state index contributed by atoms with van der Waals surface area (Å²) < 4.78 is 22.8. The first-order valence-electron chi connectivity index (χ1n) is 8.93. The predicted molar refractivity (Wildman–Crippen MR) is 105 cm³/mol. The molecule has 0 spiro atoms. The molecular formula is C19H18ClFN7O. The van der Waals surface area contributed by atoms with Gasteiger partial charge in [-0.05, 0) is 32.9 Å². The van der Waals surface area contributed by atoms with Crippen LogP contribution in [0.1, 0.15) is 20.8 Å². The number of benzene rings is 1. The number of nitrogens with zero attached hydrogens (tertiary/aromatic N) is 7. The predicted octanol–water partition coefficient (Wildman–Crippen LogP) is 3.48. The molecular weight excluding hydrogens is 397 g/mol. The summed E-state index contributed by atoms with van der Waals surface area (Å²) in [6.07, 6.45) is 6.15. The Bertz CT molecular complexity index is 1170. The molecule has 3 aromatic heterocycles. The van der Waals surface area contributed by atoms with Crippen molar-refractivity contribution in [1.29, 1.82) is 0 Å². The van der Waals surface area contributed by atoms with Gasteiger partial charge in [0.2, 0.25) is 6.33 Å². The van der Waals surface area contributed by atoms with E-state index in [1.807, 2.05) is 27.0 Å². The lowest BCUT2D eigenvalue weighted by molar-refractivity contribution is -0.00789. The van der Waals surface area contributed by atoms with Gasteiger partial charge in [0, 0.05) is 17.8 Å². The summed E-state index contributed by atoms with van der Waals surface area (Å²) in [5.41, 5.74) is 2.40. The number of fused-ring (bicyclic) bond motifs is 1. The number of halogens is 2.